The number of sulfone groups is 1. The monoisotopic (exact) mass is 437 g/mol. The van der Waals surface area contributed by atoms with Gasteiger partial charge in [0.15, 0.2) is 15.8 Å². The van der Waals surface area contributed by atoms with Crippen LogP contribution in [0.2, 0.25) is 0 Å². The average Bonchev–Trinajstić information content (AvgIpc) is 2.75. The van der Waals surface area contributed by atoms with Gasteiger partial charge in [-0.05, 0) is 18.1 Å². The van der Waals surface area contributed by atoms with E-state index in [1.807, 2.05) is 0 Å². The van der Waals surface area contributed by atoms with Crippen LogP contribution in [0.4, 0.5) is 0 Å². The van der Waals surface area contributed by atoms with Crippen molar-refractivity contribution >= 4 is 15.8 Å². The van der Waals surface area contributed by atoms with Crippen LogP contribution in [0, 0.1) is 0 Å². The predicted octanol–water partition coefficient (Wildman–Crippen LogP) is 0.304. The summed E-state index contributed by atoms with van der Waals surface area (Å²) >= 11 is 0. The van der Waals surface area contributed by atoms with E-state index in [0.717, 1.165) is 58.4 Å². The zero-order valence-corrected chi connectivity index (χ0v) is 18.8. The maximum Gasteiger partial charge on any atom is 0.191 e. The molecule has 0 radical (unpaired) electrons. The molecule has 2 fully saturated rings. The van der Waals surface area contributed by atoms with Crippen molar-refractivity contribution in [3.63, 3.8) is 0 Å². The van der Waals surface area contributed by atoms with Crippen LogP contribution in [0.3, 0.4) is 0 Å². The van der Waals surface area contributed by atoms with Gasteiger partial charge in [-0.3, -0.25) is 9.80 Å². The molecule has 0 saturated carbocycles. The maximum absolute atomic E-state index is 11.6. The van der Waals surface area contributed by atoms with Crippen LogP contribution in [0.5, 0.6) is 0 Å². The van der Waals surface area contributed by atoms with Crippen LogP contribution in [0.25, 0.3) is 0 Å². The van der Waals surface area contributed by atoms with Crippen molar-refractivity contribution in [2.24, 2.45) is 4.99 Å². The second-order valence-corrected chi connectivity index (χ2v) is 10.1. The first-order chi connectivity index (χ1) is 14.6. The normalized spacial score (nSPS) is 20.8. The van der Waals surface area contributed by atoms with E-state index < -0.39 is 9.84 Å². The molecule has 0 amide bonds. The molecule has 0 aliphatic carbocycles. The Morgan fingerprint density at radius 1 is 1.03 bits per heavy atom. The van der Waals surface area contributed by atoms with Crippen LogP contribution in [-0.2, 0) is 27.7 Å². The summed E-state index contributed by atoms with van der Waals surface area (Å²) in [6, 6.07) is 8.49. The summed E-state index contributed by atoms with van der Waals surface area (Å²) in [6.45, 7) is 10.7. The first kappa shape index (κ1) is 23.0. The van der Waals surface area contributed by atoms with Gasteiger partial charge in [-0.15, -0.1) is 0 Å². The smallest absolute Gasteiger partial charge is 0.191 e. The largest absolute Gasteiger partial charge is 0.379 e. The molecule has 8 nitrogen and oxygen atoms in total. The molecule has 1 aromatic carbocycles. The molecular weight excluding hydrogens is 402 g/mol. The molecule has 2 heterocycles. The van der Waals surface area contributed by atoms with E-state index >= 15 is 0 Å². The van der Waals surface area contributed by atoms with Crippen LogP contribution < -0.4 is 10.6 Å². The fraction of sp³-hybridized carbons (Fsp3) is 0.667. The molecule has 30 heavy (non-hydrogen) atoms. The molecule has 0 atom stereocenters. The number of nitrogens with zero attached hydrogens (tertiary/aromatic N) is 3. The Labute approximate surface area is 180 Å². The minimum absolute atomic E-state index is 0.265. The Balaban J connectivity index is 1.51. The number of rotatable bonds is 8. The van der Waals surface area contributed by atoms with Crippen molar-refractivity contribution in [3.8, 4) is 0 Å². The molecule has 0 spiro atoms. The fourth-order valence-corrected chi connectivity index (χ4v) is 4.96. The average molecular weight is 438 g/mol. The van der Waals surface area contributed by atoms with Gasteiger partial charge in [0.2, 0.25) is 0 Å². The van der Waals surface area contributed by atoms with E-state index in [2.05, 4.69) is 51.6 Å². The molecule has 1 aromatic rings. The van der Waals surface area contributed by atoms with E-state index in [1.54, 1.807) is 0 Å². The highest BCUT2D eigenvalue weighted by atomic mass is 32.2. The van der Waals surface area contributed by atoms with Crippen LogP contribution in [-0.4, -0.2) is 94.7 Å². The topological polar surface area (TPSA) is 86.3 Å². The molecule has 2 saturated heterocycles. The Morgan fingerprint density at radius 3 is 2.43 bits per heavy atom. The van der Waals surface area contributed by atoms with E-state index in [-0.39, 0.29) is 11.5 Å². The highest BCUT2D eigenvalue weighted by Crippen LogP contribution is 2.14. The van der Waals surface area contributed by atoms with E-state index in [1.165, 1.54) is 11.1 Å². The number of benzene rings is 1. The molecule has 3 rings (SSSR count). The van der Waals surface area contributed by atoms with Gasteiger partial charge in [0.25, 0.3) is 0 Å². The number of hydrogen-bond donors (Lipinski definition) is 2. The first-order valence-corrected chi connectivity index (χ1v) is 12.7. The minimum atomic E-state index is -2.83. The first-order valence-electron chi connectivity index (χ1n) is 10.9. The van der Waals surface area contributed by atoms with Gasteiger partial charge < -0.3 is 15.4 Å². The highest BCUT2D eigenvalue weighted by molar-refractivity contribution is 7.91. The van der Waals surface area contributed by atoms with Gasteiger partial charge in [0, 0.05) is 52.4 Å². The SMILES string of the molecule is CCNC(=NCc1ccccc1CN1CCOCC1)NCCN1CCS(=O)(=O)CC1. The van der Waals surface area contributed by atoms with Crippen molar-refractivity contribution in [2.75, 3.05) is 70.5 Å². The van der Waals surface area contributed by atoms with E-state index in [4.69, 9.17) is 9.73 Å². The zero-order chi connectivity index (χ0) is 21.2. The van der Waals surface area contributed by atoms with Gasteiger partial charge in [-0.25, -0.2) is 13.4 Å². The molecule has 0 aromatic heterocycles. The lowest BCUT2D eigenvalue weighted by Crippen LogP contribution is -2.45. The molecular formula is C21H35N5O3S. The van der Waals surface area contributed by atoms with Gasteiger partial charge in [-0.2, -0.15) is 0 Å². The summed E-state index contributed by atoms with van der Waals surface area (Å²) in [7, 11) is -2.83. The lowest BCUT2D eigenvalue weighted by Gasteiger charge is -2.27. The molecule has 0 bridgehead atoms. The van der Waals surface area contributed by atoms with E-state index in [9.17, 15) is 8.42 Å². The summed E-state index contributed by atoms with van der Waals surface area (Å²) in [5.41, 5.74) is 2.55. The second kappa shape index (κ2) is 11.6. The maximum atomic E-state index is 11.6. The number of ether oxygens (including phenoxy) is 1. The van der Waals surface area contributed by atoms with Crippen molar-refractivity contribution in [1.82, 2.24) is 20.4 Å². The summed E-state index contributed by atoms with van der Waals surface area (Å²) in [5.74, 6) is 1.32. The second-order valence-electron chi connectivity index (χ2n) is 7.77. The molecule has 2 aliphatic rings. The third-order valence-corrected chi connectivity index (χ3v) is 7.13. The molecule has 2 aliphatic heterocycles. The van der Waals surface area contributed by atoms with Crippen LogP contribution in [0.1, 0.15) is 18.1 Å². The van der Waals surface area contributed by atoms with Crippen molar-refractivity contribution in [1.29, 1.82) is 0 Å². The molecule has 2 N–H and O–H groups in total. The van der Waals surface area contributed by atoms with Gasteiger partial charge in [0.1, 0.15) is 0 Å². The van der Waals surface area contributed by atoms with Crippen molar-refractivity contribution < 1.29 is 13.2 Å². The predicted molar refractivity (Wildman–Crippen MR) is 120 cm³/mol. The molecule has 0 unspecified atom stereocenters. The third kappa shape index (κ3) is 7.54. The zero-order valence-electron chi connectivity index (χ0n) is 18.0. The Hall–Kier alpha value is -1.68. The van der Waals surface area contributed by atoms with E-state index in [0.29, 0.717) is 19.6 Å². The quantitative estimate of drug-likeness (QED) is 0.447. The van der Waals surface area contributed by atoms with Gasteiger partial charge in [-0.1, -0.05) is 24.3 Å². The third-order valence-electron chi connectivity index (χ3n) is 5.53. The standard InChI is InChI=1S/C21H35N5O3S/c1-2-22-21(23-7-8-25-11-15-30(27,28)16-12-25)24-17-19-5-3-4-6-20(19)18-26-9-13-29-14-10-26/h3-6H,2,7-18H2,1H3,(H2,22,23,24). The lowest BCUT2D eigenvalue weighted by atomic mass is 10.1. The molecule has 168 valence electrons. The van der Waals surface area contributed by atoms with Crippen LogP contribution in [0.15, 0.2) is 29.3 Å². The summed E-state index contributed by atoms with van der Waals surface area (Å²) in [6.07, 6.45) is 0. The van der Waals surface area contributed by atoms with Gasteiger partial charge in [0.05, 0.1) is 31.3 Å². The Bertz CT molecular complexity index is 780. The lowest BCUT2D eigenvalue weighted by molar-refractivity contribution is 0.0341. The highest BCUT2D eigenvalue weighted by Gasteiger charge is 2.21. The summed E-state index contributed by atoms with van der Waals surface area (Å²) < 4.78 is 28.6. The molecule has 9 heteroatoms. The summed E-state index contributed by atoms with van der Waals surface area (Å²) in [4.78, 5) is 9.39. The number of aliphatic imine (C=N–C) groups is 1. The number of guanidine groups is 1. The minimum Gasteiger partial charge on any atom is -0.379 e. The van der Waals surface area contributed by atoms with Gasteiger partial charge >= 0.3 is 0 Å². The fourth-order valence-electron chi connectivity index (χ4n) is 3.68. The van der Waals surface area contributed by atoms with Crippen LogP contribution >= 0.6 is 0 Å². The Morgan fingerprint density at radius 2 is 1.73 bits per heavy atom. The number of hydrogen-bond acceptors (Lipinski definition) is 6. The van der Waals surface area contributed by atoms with Crippen molar-refractivity contribution in [3.05, 3.63) is 35.4 Å². The number of morpholine rings is 1. The summed E-state index contributed by atoms with van der Waals surface area (Å²) in [5, 5.41) is 6.68. The number of nitrogens with one attached hydrogen (secondary N) is 2. The Kier molecular flexibility index (Phi) is 8.92. The van der Waals surface area contributed by atoms with Crippen molar-refractivity contribution in [2.45, 2.75) is 20.0 Å².